The van der Waals surface area contributed by atoms with E-state index in [0.29, 0.717) is 6.42 Å². The Bertz CT molecular complexity index is 802. The Morgan fingerprint density at radius 1 is 1.20 bits per heavy atom. The fourth-order valence-corrected chi connectivity index (χ4v) is 2.70. The van der Waals surface area contributed by atoms with Crippen LogP contribution in [-0.4, -0.2) is 22.3 Å². The molecule has 0 radical (unpaired) electrons. The van der Waals surface area contributed by atoms with Gasteiger partial charge in [-0.2, -0.15) is 0 Å². The van der Waals surface area contributed by atoms with E-state index in [1.54, 1.807) is 4.90 Å². The first-order valence-corrected chi connectivity index (χ1v) is 6.56. The van der Waals surface area contributed by atoms with Crippen LogP contribution in [0.4, 0.5) is 5.69 Å². The topological polar surface area (TPSA) is 37.6 Å². The van der Waals surface area contributed by atoms with Crippen LogP contribution in [-0.2, 0) is 11.2 Å². The van der Waals surface area contributed by atoms with E-state index >= 15 is 0 Å². The number of anilines is 1. The molecule has 0 bridgehead atoms. The maximum atomic E-state index is 11.7. The minimum Gasteiger partial charge on any atom is -0.315 e. The van der Waals surface area contributed by atoms with Crippen molar-refractivity contribution in [3.05, 3.63) is 54.4 Å². The van der Waals surface area contributed by atoms with Gasteiger partial charge in [0.1, 0.15) is 5.65 Å². The molecule has 98 valence electrons. The molecule has 1 aliphatic rings. The summed E-state index contributed by atoms with van der Waals surface area (Å²) in [4.78, 5) is 18.0. The van der Waals surface area contributed by atoms with Crippen LogP contribution in [0.1, 0.15) is 5.56 Å². The second-order valence-corrected chi connectivity index (χ2v) is 5.07. The van der Waals surface area contributed by atoms with E-state index in [-0.39, 0.29) is 5.91 Å². The van der Waals surface area contributed by atoms with Crippen LogP contribution in [0.5, 0.6) is 0 Å². The molecule has 0 atom stereocenters. The molecule has 4 heteroatoms. The summed E-state index contributed by atoms with van der Waals surface area (Å²) < 4.78 is 2.00. The number of pyridine rings is 1. The molecule has 1 aromatic carbocycles. The number of hydrogen-bond acceptors (Lipinski definition) is 2. The highest BCUT2D eigenvalue weighted by molar-refractivity contribution is 6.01. The highest BCUT2D eigenvalue weighted by Crippen LogP contribution is 2.31. The van der Waals surface area contributed by atoms with Gasteiger partial charge in [0.25, 0.3) is 0 Å². The second-order valence-electron chi connectivity index (χ2n) is 5.07. The average Bonchev–Trinajstić information content (AvgIpc) is 3.01. The summed E-state index contributed by atoms with van der Waals surface area (Å²) in [6, 6.07) is 12.0. The minimum absolute atomic E-state index is 0.146. The van der Waals surface area contributed by atoms with Gasteiger partial charge in [0.05, 0.1) is 12.1 Å². The van der Waals surface area contributed by atoms with E-state index in [1.807, 2.05) is 54.2 Å². The molecule has 0 saturated carbocycles. The highest BCUT2D eigenvalue weighted by atomic mass is 16.2. The number of benzene rings is 1. The quantitative estimate of drug-likeness (QED) is 0.676. The van der Waals surface area contributed by atoms with E-state index in [4.69, 9.17) is 0 Å². The SMILES string of the molecule is CN1C(=O)Cc2cc(-c3cn4ccccc4n3)ccc21. The van der Waals surface area contributed by atoms with Crippen molar-refractivity contribution in [1.82, 2.24) is 9.38 Å². The number of nitrogens with zero attached hydrogens (tertiary/aromatic N) is 3. The Labute approximate surface area is 116 Å². The molecule has 4 nitrogen and oxygen atoms in total. The number of imidazole rings is 1. The molecular formula is C16H13N3O. The van der Waals surface area contributed by atoms with Gasteiger partial charge in [0.15, 0.2) is 0 Å². The Kier molecular flexibility index (Phi) is 2.21. The zero-order valence-electron chi connectivity index (χ0n) is 11.1. The summed E-state index contributed by atoms with van der Waals surface area (Å²) in [6.45, 7) is 0. The molecule has 1 amide bonds. The standard InChI is InChI=1S/C16H13N3O/c1-18-14-6-5-11(8-12(14)9-16(18)20)13-10-19-7-3-2-4-15(19)17-13/h2-8,10H,9H2,1H3. The molecule has 20 heavy (non-hydrogen) atoms. The zero-order chi connectivity index (χ0) is 13.7. The number of fused-ring (bicyclic) bond motifs is 2. The van der Waals surface area contributed by atoms with Gasteiger partial charge in [-0.05, 0) is 29.8 Å². The van der Waals surface area contributed by atoms with Gasteiger partial charge in [-0.1, -0.05) is 12.1 Å². The van der Waals surface area contributed by atoms with Crippen LogP contribution < -0.4 is 4.90 Å². The number of likely N-dealkylation sites (N-methyl/N-ethyl adjacent to an activating group) is 1. The van der Waals surface area contributed by atoms with Gasteiger partial charge in [-0.25, -0.2) is 4.98 Å². The van der Waals surface area contributed by atoms with Crippen molar-refractivity contribution >= 4 is 17.2 Å². The Balaban J connectivity index is 1.83. The Morgan fingerprint density at radius 3 is 2.95 bits per heavy atom. The highest BCUT2D eigenvalue weighted by Gasteiger charge is 2.24. The molecule has 3 heterocycles. The average molecular weight is 263 g/mol. The van der Waals surface area contributed by atoms with Crippen molar-refractivity contribution in [2.24, 2.45) is 0 Å². The normalized spacial score (nSPS) is 14.1. The molecule has 1 aliphatic heterocycles. The van der Waals surface area contributed by atoms with Crippen LogP contribution in [0.3, 0.4) is 0 Å². The fourth-order valence-electron chi connectivity index (χ4n) is 2.70. The van der Waals surface area contributed by atoms with E-state index in [0.717, 1.165) is 28.2 Å². The molecule has 2 aromatic heterocycles. The van der Waals surface area contributed by atoms with Crippen LogP contribution in [0.2, 0.25) is 0 Å². The smallest absolute Gasteiger partial charge is 0.231 e. The van der Waals surface area contributed by atoms with Crippen molar-refractivity contribution in [3.8, 4) is 11.3 Å². The van der Waals surface area contributed by atoms with Gasteiger partial charge in [-0.3, -0.25) is 4.79 Å². The minimum atomic E-state index is 0.146. The first-order chi connectivity index (χ1) is 9.72. The van der Waals surface area contributed by atoms with E-state index in [9.17, 15) is 4.79 Å². The third-order valence-electron chi connectivity index (χ3n) is 3.82. The van der Waals surface area contributed by atoms with Crippen LogP contribution in [0, 0.1) is 0 Å². The Hall–Kier alpha value is -2.62. The van der Waals surface area contributed by atoms with Crippen LogP contribution >= 0.6 is 0 Å². The molecule has 4 rings (SSSR count). The zero-order valence-corrected chi connectivity index (χ0v) is 11.1. The number of rotatable bonds is 1. The van der Waals surface area contributed by atoms with Crippen molar-refractivity contribution < 1.29 is 4.79 Å². The number of carbonyl (C=O) groups excluding carboxylic acids is 1. The monoisotopic (exact) mass is 263 g/mol. The lowest BCUT2D eigenvalue weighted by atomic mass is 10.1. The molecule has 0 spiro atoms. The summed E-state index contributed by atoms with van der Waals surface area (Å²) in [5.74, 6) is 0.146. The predicted molar refractivity (Wildman–Crippen MR) is 77.7 cm³/mol. The molecule has 0 N–H and O–H groups in total. The molecule has 0 unspecified atom stereocenters. The van der Waals surface area contributed by atoms with Crippen molar-refractivity contribution in [2.75, 3.05) is 11.9 Å². The lowest BCUT2D eigenvalue weighted by molar-refractivity contribution is -0.117. The third kappa shape index (κ3) is 1.54. The van der Waals surface area contributed by atoms with Gasteiger partial charge < -0.3 is 9.30 Å². The summed E-state index contributed by atoms with van der Waals surface area (Å²) in [6.07, 6.45) is 4.47. The van der Waals surface area contributed by atoms with Gasteiger partial charge in [0.2, 0.25) is 5.91 Å². The predicted octanol–water partition coefficient (Wildman–Crippen LogP) is 2.52. The number of aromatic nitrogens is 2. The summed E-state index contributed by atoms with van der Waals surface area (Å²) in [5.41, 5.74) is 4.99. The molecule has 3 aromatic rings. The number of amides is 1. The molecule has 0 aliphatic carbocycles. The first kappa shape index (κ1) is 11.2. The van der Waals surface area contributed by atoms with Crippen LogP contribution in [0.25, 0.3) is 16.9 Å². The van der Waals surface area contributed by atoms with Gasteiger partial charge in [0, 0.05) is 30.7 Å². The molecular weight excluding hydrogens is 250 g/mol. The fraction of sp³-hybridized carbons (Fsp3) is 0.125. The number of carbonyl (C=O) groups is 1. The lowest BCUT2D eigenvalue weighted by Gasteiger charge is -2.09. The summed E-state index contributed by atoms with van der Waals surface area (Å²) >= 11 is 0. The van der Waals surface area contributed by atoms with Crippen molar-refractivity contribution in [3.63, 3.8) is 0 Å². The Morgan fingerprint density at radius 2 is 2.10 bits per heavy atom. The first-order valence-electron chi connectivity index (χ1n) is 6.56. The van der Waals surface area contributed by atoms with E-state index < -0.39 is 0 Å². The van der Waals surface area contributed by atoms with Crippen molar-refractivity contribution in [1.29, 1.82) is 0 Å². The summed E-state index contributed by atoms with van der Waals surface area (Å²) in [7, 11) is 1.82. The largest absolute Gasteiger partial charge is 0.315 e. The van der Waals surface area contributed by atoms with Gasteiger partial charge >= 0.3 is 0 Å². The second kappa shape index (κ2) is 3.93. The van der Waals surface area contributed by atoms with E-state index in [1.165, 1.54) is 0 Å². The third-order valence-corrected chi connectivity index (χ3v) is 3.82. The maximum Gasteiger partial charge on any atom is 0.231 e. The van der Waals surface area contributed by atoms with Crippen LogP contribution in [0.15, 0.2) is 48.8 Å². The van der Waals surface area contributed by atoms with E-state index in [2.05, 4.69) is 11.1 Å². The lowest BCUT2D eigenvalue weighted by Crippen LogP contribution is -2.20. The maximum absolute atomic E-state index is 11.7. The summed E-state index contributed by atoms with van der Waals surface area (Å²) in [5, 5.41) is 0. The van der Waals surface area contributed by atoms with Gasteiger partial charge in [-0.15, -0.1) is 0 Å². The molecule has 0 saturated heterocycles. The van der Waals surface area contributed by atoms with Crippen molar-refractivity contribution in [2.45, 2.75) is 6.42 Å². The molecule has 0 fully saturated rings. The number of hydrogen-bond donors (Lipinski definition) is 0.